The van der Waals surface area contributed by atoms with Crippen LogP contribution in [0, 0.1) is 0 Å². The van der Waals surface area contributed by atoms with Crippen LogP contribution in [-0.4, -0.2) is 35.2 Å². The number of hydrogen-bond donors (Lipinski definition) is 0. The van der Waals surface area contributed by atoms with Crippen LogP contribution < -0.4 is 0 Å². The fraction of sp³-hybridized carbons (Fsp3) is 0.476. The fourth-order valence-electron chi connectivity index (χ4n) is 4.25. The molecule has 4 rings (SSSR count). The molecule has 2 aliphatic rings. The average Bonchev–Trinajstić information content (AvgIpc) is 2.66. The van der Waals surface area contributed by atoms with E-state index in [1.807, 2.05) is 12.4 Å². The molecule has 0 bridgehead atoms. The third kappa shape index (κ3) is 3.52. The van der Waals surface area contributed by atoms with Gasteiger partial charge in [0, 0.05) is 38.6 Å². The molecule has 0 saturated carbocycles. The lowest BCUT2D eigenvalue weighted by atomic mass is 9.77. The van der Waals surface area contributed by atoms with Crippen molar-refractivity contribution >= 4 is 0 Å². The Morgan fingerprint density at radius 2 is 1.79 bits per heavy atom. The second-order valence-electron chi connectivity index (χ2n) is 7.26. The van der Waals surface area contributed by atoms with Crippen molar-refractivity contribution in [2.24, 2.45) is 0 Å². The van der Waals surface area contributed by atoms with Crippen LogP contribution >= 0.6 is 0 Å². The Labute approximate surface area is 144 Å². The molecule has 1 aromatic carbocycles. The third-order valence-electron chi connectivity index (χ3n) is 5.69. The number of hydrogen-bond acceptors (Lipinski definition) is 3. The van der Waals surface area contributed by atoms with E-state index in [4.69, 9.17) is 4.74 Å². The maximum absolute atomic E-state index is 6.32. The minimum atomic E-state index is 0.105. The van der Waals surface area contributed by atoms with Crippen LogP contribution in [0.2, 0.25) is 0 Å². The van der Waals surface area contributed by atoms with Crippen molar-refractivity contribution in [3.8, 4) is 0 Å². The summed E-state index contributed by atoms with van der Waals surface area (Å²) in [6.45, 7) is 4.19. The molecule has 0 amide bonds. The minimum absolute atomic E-state index is 0.105. The molecule has 1 unspecified atom stereocenters. The van der Waals surface area contributed by atoms with Gasteiger partial charge in [0.15, 0.2) is 0 Å². The lowest BCUT2D eigenvalue weighted by Gasteiger charge is -2.46. The first kappa shape index (κ1) is 15.8. The summed E-state index contributed by atoms with van der Waals surface area (Å²) in [6, 6.07) is 15.2. The highest BCUT2D eigenvalue weighted by Gasteiger charge is 2.40. The van der Waals surface area contributed by atoms with Crippen LogP contribution in [0.25, 0.3) is 0 Å². The lowest BCUT2D eigenvalue weighted by molar-refractivity contribution is -0.118. The van der Waals surface area contributed by atoms with Crippen LogP contribution in [-0.2, 0) is 11.3 Å². The Morgan fingerprint density at radius 3 is 2.54 bits per heavy atom. The number of likely N-dealkylation sites (tertiary alicyclic amines) is 1. The van der Waals surface area contributed by atoms with Gasteiger partial charge in [-0.3, -0.25) is 9.88 Å². The quantitative estimate of drug-likeness (QED) is 0.854. The number of benzene rings is 1. The Balaban J connectivity index is 1.37. The molecule has 1 atom stereocenters. The summed E-state index contributed by atoms with van der Waals surface area (Å²) in [5, 5.41) is 0. The molecule has 2 aromatic rings. The highest BCUT2D eigenvalue weighted by Crippen LogP contribution is 2.41. The maximum Gasteiger partial charge on any atom is 0.0712 e. The molecule has 0 radical (unpaired) electrons. The standard InChI is InChI=1S/C21H26N2O/c1-2-4-19(5-3-1)20-8-15-24-21(16-20)9-13-23(14-10-21)17-18-6-11-22-12-7-18/h1-7,11-12,20H,8-10,13-17H2. The highest BCUT2D eigenvalue weighted by atomic mass is 16.5. The first-order valence-electron chi connectivity index (χ1n) is 9.13. The molecule has 24 heavy (non-hydrogen) atoms. The van der Waals surface area contributed by atoms with E-state index in [1.54, 1.807) is 0 Å². The first-order valence-corrected chi connectivity index (χ1v) is 9.13. The zero-order valence-electron chi connectivity index (χ0n) is 14.2. The van der Waals surface area contributed by atoms with Gasteiger partial charge in [0.05, 0.1) is 5.60 Å². The van der Waals surface area contributed by atoms with Gasteiger partial charge in [0.1, 0.15) is 0 Å². The molecule has 3 heterocycles. The smallest absolute Gasteiger partial charge is 0.0712 e. The Morgan fingerprint density at radius 1 is 1.04 bits per heavy atom. The van der Waals surface area contributed by atoms with Crippen LogP contribution in [0.15, 0.2) is 54.9 Å². The molecule has 0 N–H and O–H groups in total. The maximum atomic E-state index is 6.32. The zero-order chi connectivity index (χ0) is 16.2. The molecule has 2 saturated heterocycles. The summed E-state index contributed by atoms with van der Waals surface area (Å²) < 4.78 is 6.32. The molecule has 126 valence electrons. The van der Waals surface area contributed by atoms with Gasteiger partial charge in [-0.2, -0.15) is 0 Å². The predicted octanol–water partition coefficient (Wildman–Crippen LogP) is 4.01. The topological polar surface area (TPSA) is 25.4 Å². The largest absolute Gasteiger partial charge is 0.375 e. The average molecular weight is 322 g/mol. The normalized spacial score (nSPS) is 24.1. The number of pyridine rings is 1. The van der Waals surface area contributed by atoms with E-state index in [1.165, 1.54) is 17.5 Å². The number of rotatable bonds is 3. The summed E-state index contributed by atoms with van der Waals surface area (Å²) >= 11 is 0. The molecular weight excluding hydrogens is 296 g/mol. The molecule has 2 aliphatic heterocycles. The van der Waals surface area contributed by atoms with Gasteiger partial charge in [-0.1, -0.05) is 30.3 Å². The molecule has 1 aromatic heterocycles. The van der Waals surface area contributed by atoms with Gasteiger partial charge in [0.25, 0.3) is 0 Å². The first-order chi connectivity index (χ1) is 11.8. The Bertz CT molecular complexity index is 635. The van der Waals surface area contributed by atoms with Crippen LogP contribution in [0.4, 0.5) is 0 Å². The van der Waals surface area contributed by atoms with E-state index < -0.39 is 0 Å². The van der Waals surface area contributed by atoms with Gasteiger partial charge in [-0.15, -0.1) is 0 Å². The Kier molecular flexibility index (Phi) is 4.63. The van der Waals surface area contributed by atoms with Crippen molar-refractivity contribution in [2.45, 2.75) is 43.7 Å². The second-order valence-corrected chi connectivity index (χ2v) is 7.26. The Hall–Kier alpha value is -1.71. The van der Waals surface area contributed by atoms with E-state index in [0.717, 1.165) is 45.5 Å². The predicted molar refractivity (Wildman–Crippen MR) is 95.8 cm³/mol. The SMILES string of the molecule is c1ccc(C2CCOC3(CCN(Cc4ccncc4)CC3)C2)cc1. The fourth-order valence-corrected chi connectivity index (χ4v) is 4.25. The zero-order valence-corrected chi connectivity index (χ0v) is 14.2. The number of aromatic nitrogens is 1. The van der Waals surface area contributed by atoms with Gasteiger partial charge >= 0.3 is 0 Å². The van der Waals surface area contributed by atoms with Crippen molar-refractivity contribution < 1.29 is 4.74 Å². The van der Waals surface area contributed by atoms with E-state index in [0.29, 0.717) is 5.92 Å². The van der Waals surface area contributed by atoms with Crippen LogP contribution in [0.3, 0.4) is 0 Å². The van der Waals surface area contributed by atoms with E-state index >= 15 is 0 Å². The summed E-state index contributed by atoms with van der Waals surface area (Å²) in [5.74, 6) is 0.659. The van der Waals surface area contributed by atoms with Gasteiger partial charge in [-0.05, 0) is 54.9 Å². The number of piperidine rings is 1. The molecule has 3 nitrogen and oxygen atoms in total. The van der Waals surface area contributed by atoms with Crippen LogP contribution in [0.5, 0.6) is 0 Å². The van der Waals surface area contributed by atoms with Gasteiger partial charge in [-0.25, -0.2) is 0 Å². The molecule has 2 fully saturated rings. The summed E-state index contributed by atoms with van der Waals surface area (Å²) in [7, 11) is 0. The summed E-state index contributed by atoms with van der Waals surface area (Å²) in [4.78, 5) is 6.66. The molecule has 3 heteroatoms. The monoisotopic (exact) mass is 322 g/mol. The minimum Gasteiger partial charge on any atom is -0.375 e. The second kappa shape index (κ2) is 7.04. The lowest BCUT2D eigenvalue weighted by Crippen LogP contribution is -2.48. The summed E-state index contributed by atoms with van der Waals surface area (Å²) in [6.07, 6.45) is 8.42. The molecule has 0 aliphatic carbocycles. The third-order valence-corrected chi connectivity index (χ3v) is 5.69. The van der Waals surface area contributed by atoms with Gasteiger partial charge < -0.3 is 4.74 Å². The number of ether oxygens (including phenoxy) is 1. The van der Waals surface area contributed by atoms with E-state index in [9.17, 15) is 0 Å². The van der Waals surface area contributed by atoms with Crippen molar-refractivity contribution in [3.63, 3.8) is 0 Å². The van der Waals surface area contributed by atoms with Crippen molar-refractivity contribution in [1.82, 2.24) is 9.88 Å². The van der Waals surface area contributed by atoms with Gasteiger partial charge in [0.2, 0.25) is 0 Å². The van der Waals surface area contributed by atoms with E-state index in [2.05, 4.69) is 52.3 Å². The van der Waals surface area contributed by atoms with E-state index in [-0.39, 0.29) is 5.60 Å². The molecular formula is C21H26N2O. The van der Waals surface area contributed by atoms with Crippen LogP contribution in [0.1, 0.15) is 42.7 Å². The van der Waals surface area contributed by atoms with Crippen molar-refractivity contribution in [2.75, 3.05) is 19.7 Å². The van der Waals surface area contributed by atoms with Crippen molar-refractivity contribution in [1.29, 1.82) is 0 Å². The molecule has 1 spiro atoms. The highest BCUT2D eigenvalue weighted by molar-refractivity contribution is 5.21. The number of nitrogens with zero attached hydrogens (tertiary/aromatic N) is 2. The summed E-state index contributed by atoms with van der Waals surface area (Å²) in [5.41, 5.74) is 2.94. The van der Waals surface area contributed by atoms with Crippen molar-refractivity contribution in [3.05, 3.63) is 66.0 Å².